The molecule has 1 heterocycles. The third kappa shape index (κ3) is 5.07. The number of aliphatic carboxylic acids is 1. The van der Waals surface area contributed by atoms with E-state index in [0.717, 1.165) is 12.0 Å². The lowest BCUT2D eigenvalue weighted by atomic mass is 9.96. The van der Waals surface area contributed by atoms with Crippen molar-refractivity contribution < 1.29 is 24.2 Å². The van der Waals surface area contributed by atoms with E-state index >= 15 is 0 Å². The van der Waals surface area contributed by atoms with Gasteiger partial charge in [0.15, 0.2) is 0 Å². The lowest BCUT2D eigenvalue weighted by Crippen LogP contribution is -2.42. The molecule has 0 saturated carbocycles. The van der Waals surface area contributed by atoms with Crippen molar-refractivity contribution in [3.8, 4) is 0 Å². The normalized spacial score (nSPS) is 19.0. The van der Waals surface area contributed by atoms with Crippen molar-refractivity contribution in [1.29, 1.82) is 0 Å². The first-order valence-electron chi connectivity index (χ1n) is 6.92. The molecular weight excluding hydrogens is 274 g/mol. The van der Waals surface area contributed by atoms with Gasteiger partial charge < -0.3 is 19.9 Å². The summed E-state index contributed by atoms with van der Waals surface area (Å²) in [6.45, 7) is 1.23. The van der Waals surface area contributed by atoms with Crippen LogP contribution in [0.2, 0.25) is 0 Å². The minimum atomic E-state index is -0.949. The summed E-state index contributed by atoms with van der Waals surface area (Å²) in [6.07, 6.45) is 0.0164. The number of nitrogens with one attached hydrogen (secondary N) is 1. The molecule has 0 aromatic heterocycles. The Hall–Kier alpha value is -2.08. The van der Waals surface area contributed by atoms with Gasteiger partial charge in [-0.1, -0.05) is 30.3 Å². The molecule has 1 amide bonds. The second-order valence-corrected chi connectivity index (χ2v) is 5.03. The van der Waals surface area contributed by atoms with Crippen molar-refractivity contribution >= 4 is 12.1 Å². The van der Waals surface area contributed by atoms with Crippen molar-refractivity contribution in [2.24, 2.45) is 5.92 Å². The van der Waals surface area contributed by atoms with E-state index in [0.29, 0.717) is 13.2 Å². The van der Waals surface area contributed by atoms with Crippen LogP contribution in [0.5, 0.6) is 0 Å². The van der Waals surface area contributed by atoms with E-state index in [-0.39, 0.29) is 18.9 Å². The number of amides is 1. The average molecular weight is 293 g/mol. The van der Waals surface area contributed by atoms with Gasteiger partial charge in [0.1, 0.15) is 6.61 Å². The molecule has 1 fully saturated rings. The molecule has 2 rings (SSSR count). The number of hydrogen-bond acceptors (Lipinski definition) is 4. The summed E-state index contributed by atoms with van der Waals surface area (Å²) >= 11 is 0. The van der Waals surface area contributed by atoms with Crippen LogP contribution < -0.4 is 5.32 Å². The molecule has 0 spiro atoms. The molecule has 1 aliphatic heterocycles. The highest BCUT2D eigenvalue weighted by molar-refractivity contribution is 5.71. The van der Waals surface area contributed by atoms with Crippen LogP contribution >= 0.6 is 0 Å². The maximum Gasteiger partial charge on any atom is 0.407 e. The molecule has 0 aliphatic carbocycles. The summed E-state index contributed by atoms with van der Waals surface area (Å²) in [7, 11) is 0. The maximum atomic E-state index is 11.8. The van der Waals surface area contributed by atoms with Crippen molar-refractivity contribution in [2.45, 2.75) is 25.5 Å². The Kier molecular flexibility index (Phi) is 5.57. The Morgan fingerprint density at radius 3 is 2.76 bits per heavy atom. The first-order valence-corrected chi connectivity index (χ1v) is 6.92. The van der Waals surface area contributed by atoms with E-state index in [1.165, 1.54) is 0 Å². The molecule has 1 saturated heterocycles. The van der Waals surface area contributed by atoms with E-state index in [1.807, 2.05) is 30.3 Å². The minimum absolute atomic E-state index is 0.0189. The molecule has 0 bridgehead atoms. The average Bonchev–Trinajstić information content (AvgIpc) is 2.99. The van der Waals surface area contributed by atoms with Crippen molar-refractivity contribution in [1.82, 2.24) is 5.32 Å². The highest BCUT2D eigenvalue weighted by Crippen LogP contribution is 2.19. The van der Waals surface area contributed by atoms with E-state index in [4.69, 9.17) is 14.6 Å². The van der Waals surface area contributed by atoms with Gasteiger partial charge in [-0.2, -0.15) is 0 Å². The van der Waals surface area contributed by atoms with Crippen LogP contribution in [0.3, 0.4) is 0 Å². The zero-order valence-corrected chi connectivity index (χ0v) is 11.7. The molecule has 1 aliphatic rings. The second kappa shape index (κ2) is 7.64. The van der Waals surface area contributed by atoms with Gasteiger partial charge in [0.2, 0.25) is 0 Å². The SMILES string of the molecule is O=C(O)C[C@H](NC(=O)OCc1ccccc1)[C@H]1CCOC1. The molecule has 114 valence electrons. The van der Waals surface area contributed by atoms with Crippen LogP contribution in [0.25, 0.3) is 0 Å². The van der Waals surface area contributed by atoms with Gasteiger partial charge in [-0.15, -0.1) is 0 Å². The Bertz CT molecular complexity index is 470. The fraction of sp³-hybridized carbons (Fsp3) is 0.467. The predicted octanol–water partition coefficient (Wildman–Crippen LogP) is 1.79. The Labute approximate surface area is 123 Å². The lowest BCUT2D eigenvalue weighted by molar-refractivity contribution is -0.137. The number of alkyl carbamates (subject to hydrolysis) is 1. The molecule has 1 aromatic carbocycles. The second-order valence-electron chi connectivity index (χ2n) is 5.03. The number of carbonyl (C=O) groups is 2. The highest BCUT2D eigenvalue weighted by atomic mass is 16.5. The fourth-order valence-corrected chi connectivity index (χ4v) is 2.31. The number of carbonyl (C=O) groups excluding carboxylic acids is 1. The van der Waals surface area contributed by atoms with Crippen molar-refractivity contribution in [3.63, 3.8) is 0 Å². The summed E-state index contributed by atoms with van der Waals surface area (Å²) in [5, 5.41) is 11.6. The van der Waals surface area contributed by atoms with Crippen LogP contribution in [-0.4, -0.2) is 36.4 Å². The van der Waals surface area contributed by atoms with E-state index in [1.54, 1.807) is 0 Å². The van der Waals surface area contributed by atoms with Crippen LogP contribution in [-0.2, 0) is 20.9 Å². The standard InChI is InChI=1S/C15H19NO5/c17-14(18)8-13(12-6-7-20-10-12)16-15(19)21-9-11-4-2-1-3-5-11/h1-5,12-13H,6-10H2,(H,16,19)(H,17,18)/t12-,13-/m0/s1. The molecule has 6 nitrogen and oxygen atoms in total. The third-order valence-corrected chi connectivity index (χ3v) is 3.44. The number of carboxylic acid groups (broad SMARTS) is 1. The summed E-state index contributed by atoms with van der Waals surface area (Å²) in [5.74, 6) is -0.930. The van der Waals surface area contributed by atoms with Crippen molar-refractivity contribution in [2.75, 3.05) is 13.2 Å². The lowest BCUT2D eigenvalue weighted by Gasteiger charge is -2.21. The van der Waals surface area contributed by atoms with Crippen LogP contribution in [0.4, 0.5) is 4.79 Å². The summed E-state index contributed by atoms with van der Waals surface area (Å²) in [4.78, 5) is 22.7. The minimum Gasteiger partial charge on any atom is -0.481 e. The first kappa shape index (κ1) is 15.3. The molecule has 0 unspecified atom stereocenters. The van der Waals surface area contributed by atoms with E-state index in [2.05, 4.69) is 5.32 Å². The zero-order chi connectivity index (χ0) is 15.1. The van der Waals surface area contributed by atoms with Gasteiger partial charge in [0.25, 0.3) is 0 Å². The van der Waals surface area contributed by atoms with Crippen molar-refractivity contribution in [3.05, 3.63) is 35.9 Å². The number of carboxylic acids is 1. The largest absolute Gasteiger partial charge is 0.481 e. The van der Waals surface area contributed by atoms with E-state index < -0.39 is 18.1 Å². The summed E-state index contributed by atoms with van der Waals surface area (Å²) in [5.41, 5.74) is 0.881. The van der Waals surface area contributed by atoms with Gasteiger partial charge in [0.05, 0.1) is 13.0 Å². The maximum absolute atomic E-state index is 11.8. The fourth-order valence-electron chi connectivity index (χ4n) is 2.31. The summed E-state index contributed by atoms with van der Waals surface area (Å²) < 4.78 is 10.4. The quantitative estimate of drug-likeness (QED) is 0.835. The van der Waals surface area contributed by atoms with Crippen LogP contribution in [0.15, 0.2) is 30.3 Å². The Morgan fingerprint density at radius 2 is 2.14 bits per heavy atom. The number of ether oxygens (including phenoxy) is 2. The van der Waals surface area contributed by atoms with Gasteiger partial charge in [-0.05, 0) is 12.0 Å². The summed E-state index contributed by atoms with van der Waals surface area (Å²) in [6, 6.07) is 8.85. The topological polar surface area (TPSA) is 84.9 Å². The molecule has 2 atom stereocenters. The molecule has 2 N–H and O–H groups in total. The van der Waals surface area contributed by atoms with Gasteiger partial charge in [-0.25, -0.2) is 4.79 Å². The monoisotopic (exact) mass is 293 g/mol. The molecule has 1 aromatic rings. The zero-order valence-electron chi connectivity index (χ0n) is 11.7. The first-order chi connectivity index (χ1) is 10.1. The third-order valence-electron chi connectivity index (χ3n) is 3.44. The van der Waals surface area contributed by atoms with Crippen LogP contribution in [0.1, 0.15) is 18.4 Å². The number of benzene rings is 1. The number of rotatable bonds is 6. The smallest absolute Gasteiger partial charge is 0.407 e. The molecule has 21 heavy (non-hydrogen) atoms. The van der Waals surface area contributed by atoms with Gasteiger partial charge in [-0.3, -0.25) is 4.79 Å². The highest BCUT2D eigenvalue weighted by Gasteiger charge is 2.29. The molecule has 0 radical (unpaired) electrons. The Morgan fingerprint density at radius 1 is 1.38 bits per heavy atom. The predicted molar refractivity (Wildman–Crippen MR) is 74.7 cm³/mol. The molecular formula is C15H19NO5. The molecule has 6 heteroatoms. The van der Waals surface area contributed by atoms with E-state index in [9.17, 15) is 9.59 Å². The van der Waals surface area contributed by atoms with Crippen LogP contribution in [0, 0.1) is 5.92 Å². The number of hydrogen-bond donors (Lipinski definition) is 2. The van der Waals surface area contributed by atoms with Gasteiger partial charge >= 0.3 is 12.1 Å². The Balaban J connectivity index is 1.83. The van der Waals surface area contributed by atoms with Gasteiger partial charge in [0, 0.05) is 18.6 Å².